The average molecular weight is 321 g/mol. The van der Waals surface area contributed by atoms with Crippen LogP contribution in [0.2, 0.25) is 0 Å². The molecule has 0 atom stereocenters. The molecule has 1 aromatic heterocycles. The van der Waals surface area contributed by atoms with E-state index in [0.29, 0.717) is 11.4 Å². The summed E-state index contributed by atoms with van der Waals surface area (Å²) in [5, 5.41) is 7.12. The van der Waals surface area contributed by atoms with Crippen LogP contribution in [0.5, 0.6) is 0 Å². The predicted octanol–water partition coefficient (Wildman–Crippen LogP) is 2.59. The van der Waals surface area contributed by atoms with E-state index in [4.69, 9.17) is 0 Å². The van der Waals surface area contributed by atoms with Crippen molar-refractivity contribution in [2.24, 2.45) is 0 Å². The summed E-state index contributed by atoms with van der Waals surface area (Å²) in [4.78, 5) is 0.383. The van der Waals surface area contributed by atoms with E-state index in [1.165, 1.54) is 9.87 Å². The Morgan fingerprint density at radius 3 is 2.45 bits per heavy atom. The van der Waals surface area contributed by atoms with Gasteiger partial charge in [0.2, 0.25) is 10.0 Å². The summed E-state index contributed by atoms with van der Waals surface area (Å²) in [6.07, 6.45) is 1.59. The molecule has 0 bridgehead atoms. The summed E-state index contributed by atoms with van der Waals surface area (Å²) in [5.74, 6) is 0. The third kappa shape index (κ3) is 3.39. The molecule has 2 rings (SSSR count). The van der Waals surface area contributed by atoms with E-state index < -0.39 is 10.0 Å². The molecule has 22 heavy (non-hydrogen) atoms. The van der Waals surface area contributed by atoms with Gasteiger partial charge in [-0.15, -0.1) is 0 Å². The zero-order valence-electron chi connectivity index (χ0n) is 13.5. The van der Waals surface area contributed by atoms with Crippen LogP contribution in [0.1, 0.15) is 28.9 Å². The largest absolute Gasteiger partial charge is 0.282 e. The van der Waals surface area contributed by atoms with E-state index in [2.05, 4.69) is 10.2 Å². The maximum Gasteiger partial charge on any atom is 0.243 e. The third-order valence-corrected chi connectivity index (χ3v) is 5.98. The summed E-state index contributed by atoms with van der Waals surface area (Å²) in [6.45, 7) is 6.26. The van der Waals surface area contributed by atoms with Gasteiger partial charge < -0.3 is 0 Å². The zero-order chi connectivity index (χ0) is 16.3. The molecule has 0 fully saturated rings. The second kappa shape index (κ2) is 6.62. The van der Waals surface area contributed by atoms with Crippen LogP contribution < -0.4 is 0 Å². The fourth-order valence-corrected chi connectivity index (χ4v) is 3.99. The van der Waals surface area contributed by atoms with Gasteiger partial charge in [-0.25, -0.2) is 12.7 Å². The van der Waals surface area contributed by atoms with Gasteiger partial charge in [-0.05, 0) is 50.8 Å². The highest BCUT2D eigenvalue weighted by Crippen LogP contribution is 2.19. The van der Waals surface area contributed by atoms with E-state index in [1.54, 1.807) is 19.2 Å². The summed E-state index contributed by atoms with van der Waals surface area (Å²) < 4.78 is 26.6. The van der Waals surface area contributed by atoms with E-state index in [1.807, 2.05) is 32.9 Å². The highest BCUT2D eigenvalue weighted by Gasteiger charge is 2.22. The molecule has 2 aromatic rings. The lowest BCUT2D eigenvalue weighted by Crippen LogP contribution is -2.28. The minimum atomic E-state index is -3.42. The van der Waals surface area contributed by atoms with Crippen molar-refractivity contribution in [3.63, 3.8) is 0 Å². The minimum Gasteiger partial charge on any atom is -0.282 e. The highest BCUT2D eigenvalue weighted by molar-refractivity contribution is 7.89. The quantitative estimate of drug-likeness (QED) is 0.889. The summed E-state index contributed by atoms with van der Waals surface area (Å²) in [6, 6.07) is 7.08. The number of aryl methyl sites for hydroxylation is 3. The standard InChI is InChI=1S/C16H23N3O2S/c1-12-8-5-6-10-16(12)22(20,21)19(4)11-7-9-15-13(2)17-18-14(15)3/h5-6,8,10H,7,9,11H2,1-4H3,(H,17,18). The number of H-pyrrole nitrogens is 1. The molecule has 1 N–H and O–H groups in total. The van der Waals surface area contributed by atoms with Crippen molar-refractivity contribution < 1.29 is 8.42 Å². The van der Waals surface area contributed by atoms with Crippen molar-refractivity contribution in [2.75, 3.05) is 13.6 Å². The number of rotatable bonds is 6. The van der Waals surface area contributed by atoms with Crippen LogP contribution >= 0.6 is 0 Å². The third-order valence-electron chi connectivity index (χ3n) is 3.96. The Bertz CT molecular complexity index is 731. The van der Waals surface area contributed by atoms with E-state index in [0.717, 1.165) is 29.8 Å². The predicted molar refractivity (Wildman–Crippen MR) is 87.4 cm³/mol. The Morgan fingerprint density at radius 1 is 1.18 bits per heavy atom. The van der Waals surface area contributed by atoms with Crippen LogP contribution in [-0.2, 0) is 16.4 Å². The van der Waals surface area contributed by atoms with Gasteiger partial charge in [-0.2, -0.15) is 5.10 Å². The number of hydrogen-bond donors (Lipinski definition) is 1. The fourth-order valence-electron chi connectivity index (χ4n) is 2.55. The molecule has 0 aliphatic carbocycles. The number of sulfonamides is 1. The molecule has 1 heterocycles. The van der Waals surface area contributed by atoms with E-state index in [9.17, 15) is 8.42 Å². The number of hydrogen-bond acceptors (Lipinski definition) is 3. The van der Waals surface area contributed by atoms with Gasteiger partial charge in [0, 0.05) is 19.3 Å². The number of aromatic amines is 1. The molecule has 0 spiro atoms. The van der Waals surface area contributed by atoms with Crippen molar-refractivity contribution >= 4 is 10.0 Å². The van der Waals surface area contributed by atoms with Gasteiger partial charge in [0.1, 0.15) is 0 Å². The van der Waals surface area contributed by atoms with E-state index in [-0.39, 0.29) is 0 Å². The van der Waals surface area contributed by atoms with Gasteiger partial charge in [0.05, 0.1) is 10.6 Å². The van der Waals surface area contributed by atoms with Crippen molar-refractivity contribution in [3.05, 3.63) is 46.8 Å². The zero-order valence-corrected chi connectivity index (χ0v) is 14.4. The lowest BCUT2D eigenvalue weighted by molar-refractivity contribution is 0.460. The lowest BCUT2D eigenvalue weighted by atomic mass is 10.1. The van der Waals surface area contributed by atoms with Gasteiger partial charge >= 0.3 is 0 Å². The Balaban J connectivity index is 2.03. The van der Waals surface area contributed by atoms with Crippen LogP contribution in [0, 0.1) is 20.8 Å². The van der Waals surface area contributed by atoms with Crippen LogP contribution in [0.4, 0.5) is 0 Å². The van der Waals surface area contributed by atoms with Crippen molar-refractivity contribution in [3.8, 4) is 0 Å². The van der Waals surface area contributed by atoms with Crippen LogP contribution in [0.25, 0.3) is 0 Å². The monoisotopic (exact) mass is 321 g/mol. The molecular formula is C16H23N3O2S. The average Bonchev–Trinajstić information content (AvgIpc) is 2.79. The number of nitrogens with one attached hydrogen (secondary N) is 1. The van der Waals surface area contributed by atoms with Gasteiger partial charge in [0.15, 0.2) is 0 Å². The molecule has 0 saturated carbocycles. The number of benzene rings is 1. The Morgan fingerprint density at radius 2 is 1.86 bits per heavy atom. The first kappa shape index (κ1) is 16.7. The maximum atomic E-state index is 12.6. The first-order valence-electron chi connectivity index (χ1n) is 7.36. The SMILES string of the molecule is Cc1ccccc1S(=O)(=O)N(C)CCCc1c(C)n[nH]c1C. The van der Waals surface area contributed by atoms with Crippen LogP contribution in [0.3, 0.4) is 0 Å². The first-order valence-corrected chi connectivity index (χ1v) is 8.80. The minimum absolute atomic E-state index is 0.383. The van der Waals surface area contributed by atoms with Crippen molar-refractivity contribution in [1.29, 1.82) is 0 Å². The number of aromatic nitrogens is 2. The topological polar surface area (TPSA) is 66.1 Å². The highest BCUT2D eigenvalue weighted by atomic mass is 32.2. The van der Waals surface area contributed by atoms with E-state index >= 15 is 0 Å². The lowest BCUT2D eigenvalue weighted by Gasteiger charge is -2.18. The van der Waals surface area contributed by atoms with Crippen molar-refractivity contribution in [2.45, 2.75) is 38.5 Å². The molecule has 0 aliphatic rings. The molecule has 6 heteroatoms. The molecule has 1 aromatic carbocycles. The second-order valence-electron chi connectivity index (χ2n) is 5.61. The smallest absolute Gasteiger partial charge is 0.243 e. The second-order valence-corrected chi connectivity index (χ2v) is 7.62. The molecule has 5 nitrogen and oxygen atoms in total. The number of nitrogens with zero attached hydrogens (tertiary/aromatic N) is 2. The summed E-state index contributed by atoms with van der Waals surface area (Å²) in [7, 11) is -1.79. The Kier molecular flexibility index (Phi) is 5.03. The van der Waals surface area contributed by atoms with Crippen molar-refractivity contribution in [1.82, 2.24) is 14.5 Å². The maximum absolute atomic E-state index is 12.6. The normalized spacial score (nSPS) is 12.0. The Hall–Kier alpha value is -1.66. The summed E-state index contributed by atoms with van der Waals surface area (Å²) >= 11 is 0. The summed E-state index contributed by atoms with van der Waals surface area (Å²) in [5.41, 5.74) is 4.00. The molecule has 0 unspecified atom stereocenters. The molecule has 0 radical (unpaired) electrons. The van der Waals surface area contributed by atoms with Crippen LogP contribution in [0.15, 0.2) is 29.2 Å². The van der Waals surface area contributed by atoms with Gasteiger partial charge in [0.25, 0.3) is 0 Å². The molecule has 0 saturated heterocycles. The molecule has 0 aliphatic heterocycles. The first-order chi connectivity index (χ1) is 10.3. The molecule has 0 amide bonds. The molecule has 120 valence electrons. The molecular weight excluding hydrogens is 298 g/mol. The fraction of sp³-hybridized carbons (Fsp3) is 0.438. The van der Waals surface area contributed by atoms with Gasteiger partial charge in [-0.3, -0.25) is 5.10 Å². The van der Waals surface area contributed by atoms with Crippen LogP contribution in [-0.4, -0.2) is 36.5 Å². The Labute approximate surface area is 132 Å². The van der Waals surface area contributed by atoms with Gasteiger partial charge in [-0.1, -0.05) is 18.2 Å².